The minimum absolute atomic E-state index is 0.0445. The van der Waals surface area contributed by atoms with Crippen LogP contribution in [0.15, 0.2) is 112 Å². The minimum Gasteiger partial charge on any atom is -0.352 e. The molecule has 4 aromatic carbocycles. The lowest BCUT2D eigenvalue weighted by atomic mass is 9.94. The van der Waals surface area contributed by atoms with E-state index in [0.717, 1.165) is 58.8 Å². The Morgan fingerprint density at radius 3 is 2.17 bits per heavy atom. The molecule has 7 nitrogen and oxygen atoms in total. The Kier molecular flexibility index (Phi) is 11.5. The standard InChI is InChI=1S/C38H42BrN3O4S/c1-28-19-21-35(22-20-28)47(45,46)42(34-18-9-11-29(2)23-34)27-37(43)41(26-31-14-10-15-32(39)24-31)36(25-30-12-5-3-6-13-30)38(44)40-33-16-7-4-8-17-33/h3,5-6,9-15,18-24,33,36H,4,7-8,16-17,25-27H2,1-2H3,(H,40,44). The van der Waals surface area contributed by atoms with Crippen molar-refractivity contribution in [2.24, 2.45) is 0 Å². The number of nitrogens with one attached hydrogen (secondary N) is 1. The van der Waals surface area contributed by atoms with Crippen molar-refractivity contribution in [3.8, 4) is 0 Å². The number of halogens is 1. The van der Waals surface area contributed by atoms with E-state index in [-0.39, 0.29) is 29.8 Å². The van der Waals surface area contributed by atoms with Gasteiger partial charge in [0, 0.05) is 23.5 Å². The number of aryl methyl sites for hydroxylation is 2. The number of carbonyl (C=O) groups excluding carboxylic acids is 2. The first kappa shape index (κ1) is 34.4. The van der Waals surface area contributed by atoms with Crippen LogP contribution in [0.25, 0.3) is 0 Å². The third-order valence-electron chi connectivity index (χ3n) is 8.64. The van der Waals surface area contributed by atoms with Crippen molar-refractivity contribution >= 4 is 43.5 Å². The molecule has 246 valence electrons. The van der Waals surface area contributed by atoms with E-state index in [1.807, 2.05) is 74.5 Å². The first-order valence-electron chi connectivity index (χ1n) is 16.1. The first-order chi connectivity index (χ1) is 22.6. The molecule has 1 N–H and O–H groups in total. The van der Waals surface area contributed by atoms with Gasteiger partial charge in [-0.15, -0.1) is 0 Å². The summed E-state index contributed by atoms with van der Waals surface area (Å²) in [5.74, 6) is -0.700. The Labute approximate surface area is 287 Å². The minimum atomic E-state index is -4.15. The topological polar surface area (TPSA) is 86.8 Å². The van der Waals surface area contributed by atoms with Crippen LogP contribution in [0.2, 0.25) is 0 Å². The molecule has 0 saturated heterocycles. The second-order valence-electron chi connectivity index (χ2n) is 12.4. The molecular weight excluding hydrogens is 674 g/mol. The maximum atomic E-state index is 14.7. The number of rotatable bonds is 12. The van der Waals surface area contributed by atoms with Gasteiger partial charge in [-0.25, -0.2) is 8.42 Å². The molecular formula is C38H42BrN3O4S. The number of amides is 2. The second kappa shape index (κ2) is 15.8. The van der Waals surface area contributed by atoms with Crippen molar-refractivity contribution < 1.29 is 18.0 Å². The van der Waals surface area contributed by atoms with Gasteiger partial charge in [0.25, 0.3) is 10.0 Å². The summed E-state index contributed by atoms with van der Waals surface area (Å²) in [5.41, 5.74) is 3.90. The number of sulfonamides is 1. The fourth-order valence-corrected chi connectivity index (χ4v) is 7.93. The molecule has 1 atom stereocenters. The van der Waals surface area contributed by atoms with Gasteiger partial charge in [-0.1, -0.05) is 107 Å². The molecule has 9 heteroatoms. The summed E-state index contributed by atoms with van der Waals surface area (Å²) in [5, 5.41) is 3.25. The van der Waals surface area contributed by atoms with Crippen molar-refractivity contribution in [3.63, 3.8) is 0 Å². The zero-order valence-corrected chi connectivity index (χ0v) is 29.3. The average molecular weight is 717 g/mol. The fourth-order valence-electron chi connectivity index (χ4n) is 6.08. The van der Waals surface area contributed by atoms with Crippen LogP contribution in [0.4, 0.5) is 5.69 Å². The number of nitrogens with zero attached hydrogens (tertiary/aromatic N) is 2. The van der Waals surface area contributed by atoms with Crippen LogP contribution < -0.4 is 9.62 Å². The summed E-state index contributed by atoms with van der Waals surface area (Å²) in [6.45, 7) is 3.42. The maximum Gasteiger partial charge on any atom is 0.264 e. The number of hydrogen-bond donors (Lipinski definition) is 1. The highest BCUT2D eigenvalue weighted by Gasteiger charge is 2.35. The van der Waals surface area contributed by atoms with Crippen molar-refractivity contribution in [2.45, 2.75) is 75.9 Å². The van der Waals surface area contributed by atoms with Gasteiger partial charge in [0.15, 0.2) is 0 Å². The van der Waals surface area contributed by atoms with E-state index in [1.165, 1.54) is 4.31 Å². The normalized spacial score (nSPS) is 14.3. The molecule has 47 heavy (non-hydrogen) atoms. The predicted octanol–water partition coefficient (Wildman–Crippen LogP) is 7.35. The van der Waals surface area contributed by atoms with Gasteiger partial charge in [-0.3, -0.25) is 13.9 Å². The molecule has 0 bridgehead atoms. The Balaban J connectivity index is 1.56. The third-order valence-corrected chi connectivity index (χ3v) is 10.9. The summed E-state index contributed by atoms with van der Waals surface area (Å²) in [4.78, 5) is 30.6. The number of carbonyl (C=O) groups is 2. The molecule has 0 radical (unpaired) electrons. The lowest BCUT2D eigenvalue weighted by Crippen LogP contribution is -2.55. The molecule has 0 heterocycles. The van der Waals surface area contributed by atoms with E-state index < -0.39 is 28.5 Å². The molecule has 2 amide bonds. The molecule has 1 aliphatic carbocycles. The molecule has 1 unspecified atom stereocenters. The van der Waals surface area contributed by atoms with Gasteiger partial charge >= 0.3 is 0 Å². The zero-order chi connectivity index (χ0) is 33.4. The molecule has 0 aromatic heterocycles. The Bertz CT molecular complexity index is 1770. The predicted molar refractivity (Wildman–Crippen MR) is 191 cm³/mol. The smallest absolute Gasteiger partial charge is 0.264 e. The van der Waals surface area contributed by atoms with E-state index in [0.29, 0.717) is 5.69 Å². The Morgan fingerprint density at radius 1 is 0.809 bits per heavy atom. The van der Waals surface area contributed by atoms with Gasteiger partial charge in [-0.2, -0.15) is 0 Å². The van der Waals surface area contributed by atoms with Gasteiger partial charge in [0.05, 0.1) is 10.6 Å². The lowest BCUT2D eigenvalue weighted by molar-refractivity contribution is -0.140. The van der Waals surface area contributed by atoms with Gasteiger partial charge < -0.3 is 10.2 Å². The summed E-state index contributed by atoms with van der Waals surface area (Å²) < 4.78 is 30.5. The molecule has 5 rings (SSSR count). The average Bonchev–Trinajstić information content (AvgIpc) is 3.06. The molecule has 1 aliphatic rings. The summed E-state index contributed by atoms with van der Waals surface area (Å²) in [6.07, 6.45) is 5.35. The van der Waals surface area contributed by atoms with Crippen LogP contribution in [-0.2, 0) is 32.6 Å². The van der Waals surface area contributed by atoms with Crippen molar-refractivity contribution in [2.75, 3.05) is 10.8 Å². The van der Waals surface area contributed by atoms with Gasteiger partial charge in [-0.05, 0) is 79.8 Å². The SMILES string of the molecule is Cc1ccc(S(=O)(=O)N(CC(=O)N(Cc2cccc(Br)c2)C(Cc2ccccc2)C(=O)NC2CCCCC2)c2cccc(C)c2)cc1. The molecule has 0 aliphatic heterocycles. The third kappa shape index (κ3) is 9.11. The van der Waals surface area contributed by atoms with E-state index >= 15 is 0 Å². The summed E-state index contributed by atoms with van der Waals surface area (Å²) >= 11 is 3.54. The van der Waals surface area contributed by atoms with Crippen molar-refractivity contribution in [1.82, 2.24) is 10.2 Å². The van der Waals surface area contributed by atoms with Gasteiger partial charge in [0.1, 0.15) is 12.6 Å². The number of anilines is 1. The van der Waals surface area contributed by atoms with Crippen LogP contribution in [-0.4, -0.2) is 43.8 Å². The molecule has 1 fully saturated rings. The molecule has 1 saturated carbocycles. The van der Waals surface area contributed by atoms with Crippen LogP contribution >= 0.6 is 15.9 Å². The van der Waals surface area contributed by atoms with E-state index in [4.69, 9.17) is 0 Å². The molecule has 4 aromatic rings. The number of hydrogen-bond acceptors (Lipinski definition) is 4. The van der Waals surface area contributed by atoms with Crippen molar-refractivity contribution in [1.29, 1.82) is 0 Å². The van der Waals surface area contributed by atoms with Crippen LogP contribution in [0.1, 0.15) is 54.4 Å². The number of benzene rings is 4. The van der Waals surface area contributed by atoms with Crippen LogP contribution in [0, 0.1) is 13.8 Å². The lowest BCUT2D eigenvalue weighted by Gasteiger charge is -2.35. The van der Waals surface area contributed by atoms with Crippen LogP contribution in [0.3, 0.4) is 0 Å². The summed E-state index contributed by atoms with van der Waals surface area (Å²) in [7, 11) is -4.15. The first-order valence-corrected chi connectivity index (χ1v) is 18.4. The Morgan fingerprint density at radius 2 is 1.49 bits per heavy atom. The monoisotopic (exact) mass is 715 g/mol. The fraction of sp³-hybridized carbons (Fsp3) is 0.316. The highest BCUT2D eigenvalue weighted by molar-refractivity contribution is 9.10. The van der Waals surface area contributed by atoms with Crippen molar-refractivity contribution in [3.05, 3.63) is 130 Å². The van der Waals surface area contributed by atoms with E-state index in [2.05, 4.69) is 21.2 Å². The van der Waals surface area contributed by atoms with Gasteiger partial charge in [0.2, 0.25) is 11.8 Å². The highest BCUT2D eigenvalue weighted by Crippen LogP contribution is 2.27. The highest BCUT2D eigenvalue weighted by atomic mass is 79.9. The quantitative estimate of drug-likeness (QED) is 0.166. The zero-order valence-electron chi connectivity index (χ0n) is 26.9. The second-order valence-corrected chi connectivity index (χ2v) is 15.1. The Hall–Kier alpha value is -3.95. The largest absolute Gasteiger partial charge is 0.352 e. The molecule has 0 spiro atoms. The maximum absolute atomic E-state index is 14.7. The van der Waals surface area contributed by atoms with E-state index in [9.17, 15) is 18.0 Å². The van der Waals surface area contributed by atoms with Crippen LogP contribution in [0.5, 0.6) is 0 Å². The van der Waals surface area contributed by atoms with E-state index in [1.54, 1.807) is 47.4 Å². The summed E-state index contributed by atoms with van der Waals surface area (Å²) in [6, 6.07) is 30.2.